The van der Waals surface area contributed by atoms with Crippen molar-refractivity contribution in [3.05, 3.63) is 29.8 Å². The first kappa shape index (κ1) is 24.2. The van der Waals surface area contributed by atoms with Crippen LogP contribution < -0.4 is 4.90 Å². The Hall–Kier alpha value is -1.92. The summed E-state index contributed by atoms with van der Waals surface area (Å²) < 4.78 is 5.91. The third-order valence-electron chi connectivity index (χ3n) is 7.77. The van der Waals surface area contributed by atoms with Gasteiger partial charge < -0.3 is 14.5 Å². The van der Waals surface area contributed by atoms with Gasteiger partial charge in [-0.3, -0.25) is 14.5 Å². The average Bonchev–Trinajstić information content (AvgIpc) is 2.85. The number of ether oxygens (including phenoxy) is 1. The van der Waals surface area contributed by atoms with E-state index in [2.05, 4.69) is 28.9 Å². The molecule has 182 valence electrons. The predicted molar refractivity (Wildman–Crippen MR) is 131 cm³/mol. The molecule has 0 saturated carbocycles. The molecule has 6 heteroatoms. The summed E-state index contributed by atoms with van der Waals surface area (Å²) in [5.41, 5.74) is 2.03. The number of hydrogen-bond acceptors (Lipinski definition) is 4. The molecule has 33 heavy (non-hydrogen) atoms. The van der Waals surface area contributed by atoms with Crippen molar-refractivity contribution in [1.29, 1.82) is 0 Å². The molecule has 4 rings (SSSR count). The van der Waals surface area contributed by atoms with Crippen molar-refractivity contribution in [2.24, 2.45) is 0 Å². The molecule has 0 aliphatic carbocycles. The number of amides is 2. The van der Waals surface area contributed by atoms with Crippen LogP contribution in [-0.2, 0) is 20.9 Å². The number of likely N-dealkylation sites (N-methyl/N-ethyl adjacent to an activating group) is 1. The fourth-order valence-corrected chi connectivity index (χ4v) is 6.00. The van der Waals surface area contributed by atoms with E-state index in [1.807, 2.05) is 24.0 Å². The van der Waals surface area contributed by atoms with E-state index < -0.39 is 0 Å². The van der Waals surface area contributed by atoms with Gasteiger partial charge in [-0.15, -0.1) is 0 Å². The van der Waals surface area contributed by atoms with Gasteiger partial charge in [-0.25, -0.2) is 0 Å². The van der Waals surface area contributed by atoms with Crippen molar-refractivity contribution in [1.82, 2.24) is 9.80 Å². The molecule has 2 saturated heterocycles. The van der Waals surface area contributed by atoms with Crippen molar-refractivity contribution < 1.29 is 14.3 Å². The normalized spacial score (nSPS) is 26.9. The number of hydrogen-bond donors (Lipinski definition) is 0. The number of piperidine rings is 1. The fraction of sp³-hybridized carbons (Fsp3) is 0.704. The second kappa shape index (κ2) is 11.5. The standard InChI is InChI=1S/C27H41N3O3/c1-3-26(31)30-16-15-22-11-9-12-23(29(22)4-2)20-28(19-21-10-5-6-14-25(21)30)27(32)18-24-13-7-8-17-33-24/h5-6,10,14,22-24H,3-4,7-9,11-13,15-20H2,1-2H3. The molecule has 3 aliphatic heterocycles. The van der Waals surface area contributed by atoms with Gasteiger partial charge >= 0.3 is 0 Å². The molecule has 2 fully saturated rings. The van der Waals surface area contributed by atoms with Crippen LogP contribution >= 0.6 is 0 Å². The quantitative estimate of drug-likeness (QED) is 0.677. The van der Waals surface area contributed by atoms with Crippen LogP contribution in [0.2, 0.25) is 0 Å². The van der Waals surface area contributed by atoms with E-state index in [-0.39, 0.29) is 17.9 Å². The van der Waals surface area contributed by atoms with Gasteiger partial charge in [0.05, 0.1) is 12.5 Å². The minimum atomic E-state index is 0.0410. The molecule has 0 radical (unpaired) electrons. The average molecular weight is 456 g/mol. The topological polar surface area (TPSA) is 53.1 Å². The van der Waals surface area contributed by atoms with E-state index in [9.17, 15) is 9.59 Å². The lowest BCUT2D eigenvalue weighted by molar-refractivity contribution is -0.137. The van der Waals surface area contributed by atoms with Crippen LogP contribution in [-0.4, -0.2) is 66.0 Å². The summed E-state index contributed by atoms with van der Waals surface area (Å²) in [7, 11) is 0. The van der Waals surface area contributed by atoms with Gasteiger partial charge in [0.15, 0.2) is 0 Å². The summed E-state index contributed by atoms with van der Waals surface area (Å²) in [5, 5.41) is 0. The third-order valence-corrected chi connectivity index (χ3v) is 7.77. The van der Waals surface area contributed by atoms with Gasteiger partial charge in [-0.2, -0.15) is 0 Å². The summed E-state index contributed by atoms with van der Waals surface area (Å²) in [5.74, 6) is 0.341. The van der Waals surface area contributed by atoms with E-state index in [4.69, 9.17) is 4.74 Å². The smallest absolute Gasteiger partial charge is 0.226 e. The van der Waals surface area contributed by atoms with Gasteiger partial charge in [0, 0.05) is 50.4 Å². The Morgan fingerprint density at radius 2 is 1.79 bits per heavy atom. The number of carbonyl (C=O) groups excluding carboxylic acids is 2. The summed E-state index contributed by atoms with van der Waals surface area (Å²) in [6.45, 7) is 7.96. The summed E-state index contributed by atoms with van der Waals surface area (Å²) >= 11 is 0. The van der Waals surface area contributed by atoms with Crippen molar-refractivity contribution in [3.63, 3.8) is 0 Å². The van der Waals surface area contributed by atoms with E-state index >= 15 is 0 Å². The maximum absolute atomic E-state index is 13.6. The zero-order valence-electron chi connectivity index (χ0n) is 20.5. The van der Waals surface area contributed by atoms with Crippen LogP contribution in [0.15, 0.2) is 24.3 Å². The van der Waals surface area contributed by atoms with Crippen LogP contribution in [0.4, 0.5) is 5.69 Å². The first-order chi connectivity index (χ1) is 16.1. The zero-order chi connectivity index (χ0) is 23.2. The lowest BCUT2D eigenvalue weighted by Gasteiger charge is -2.43. The Balaban J connectivity index is 1.66. The fourth-order valence-electron chi connectivity index (χ4n) is 6.00. The van der Waals surface area contributed by atoms with E-state index in [1.54, 1.807) is 0 Å². The summed E-state index contributed by atoms with van der Waals surface area (Å²) in [4.78, 5) is 33.2. The van der Waals surface area contributed by atoms with Crippen LogP contribution in [0, 0.1) is 0 Å². The Bertz CT molecular complexity index is 808. The highest BCUT2D eigenvalue weighted by Gasteiger charge is 2.34. The van der Waals surface area contributed by atoms with Crippen LogP contribution in [0.25, 0.3) is 0 Å². The van der Waals surface area contributed by atoms with Crippen molar-refractivity contribution in [2.75, 3.05) is 31.1 Å². The second-order valence-corrected chi connectivity index (χ2v) is 9.85. The van der Waals surface area contributed by atoms with Crippen LogP contribution in [0.5, 0.6) is 0 Å². The number of benzene rings is 1. The molecule has 0 N–H and O–H groups in total. The van der Waals surface area contributed by atoms with Gasteiger partial charge in [0.2, 0.25) is 11.8 Å². The monoisotopic (exact) mass is 455 g/mol. The summed E-state index contributed by atoms with van der Waals surface area (Å²) in [6.07, 6.45) is 8.67. The maximum Gasteiger partial charge on any atom is 0.226 e. The first-order valence-electron chi connectivity index (χ1n) is 13.1. The zero-order valence-corrected chi connectivity index (χ0v) is 20.5. The van der Waals surface area contributed by atoms with E-state index in [0.717, 1.165) is 69.6 Å². The van der Waals surface area contributed by atoms with Gasteiger partial charge in [-0.05, 0) is 56.7 Å². The number of para-hydroxylation sites is 1. The minimum Gasteiger partial charge on any atom is -0.378 e. The molecule has 3 atom stereocenters. The van der Waals surface area contributed by atoms with E-state index in [0.29, 0.717) is 31.5 Å². The molecule has 2 amide bonds. The molecule has 3 aliphatic rings. The van der Waals surface area contributed by atoms with Crippen LogP contribution in [0.3, 0.4) is 0 Å². The van der Waals surface area contributed by atoms with E-state index in [1.165, 1.54) is 12.8 Å². The van der Waals surface area contributed by atoms with Crippen molar-refractivity contribution in [3.8, 4) is 0 Å². The molecule has 1 aromatic carbocycles. The highest BCUT2D eigenvalue weighted by molar-refractivity contribution is 5.94. The van der Waals surface area contributed by atoms with Crippen molar-refractivity contribution in [2.45, 2.75) is 96.4 Å². The molecule has 2 bridgehead atoms. The highest BCUT2D eigenvalue weighted by atomic mass is 16.5. The molecule has 1 aromatic rings. The molecule has 3 heterocycles. The van der Waals surface area contributed by atoms with Crippen molar-refractivity contribution >= 4 is 17.5 Å². The second-order valence-electron chi connectivity index (χ2n) is 9.85. The lowest BCUT2D eigenvalue weighted by Crippen LogP contribution is -2.52. The Labute approximate surface area is 199 Å². The SMILES string of the molecule is CCC(=O)N1CCC2CCCC(CN(C(=O)CC3CCCCO3)Cc3ccccc31)N2CC. The van der Waals surface area contributed by atoms with Gasteiger partial charge in [-0.1, -0.05) is 38.5 Å². The van der Waals surface area contributed by atoms with Gasteiger partial charge in [0.1, 0.15) is 0 Å². The number of nitrogens with zero attached hydrogens (tertiary/aromatic N) is 3. The third kappa shape index (κ3) is 5.78. The molecule has 0 aromatic heterocycles. The first-order valence-corrected chi connectivity index (χ1v) is 13.1. The van der Waals surface area contributed by atoms with Crippen LogP contribution in [0.1, 0.15) is 77.2 Å². The molecule has 3 unspecified atom stereocenters. The minimum absolute atomic E-state index is 0.0410. The maximum atomic E-state index is 13.6. The Morgan fingerprint density at radius 3 is 2.55 bits per heavy atom. The Kier molecular flexibility index (Phi) is 8.42. The Morgan fingerprint density at radius 1 is 0.970 bits per heavy atom. The van der Waals surface area contributed by atoms with Gasteiger partial charge in [0.25, 0.3) is 0 Å². The largest absolute Gasteiger partial charge is 0.378 e. The number of carbonyl (C=O) groups is 2. The lowest BCUT2D eigenvalue weighted by atomic mass is 9.92. The number of rotatable bonds is 4. The number of anilines is 1. The number of fused-ring (bicyclic) bond motifs is 3. The summed E-state index contributed by atoms with van der Waals surface area (Å²) in [6, 6.07) is 9.02. The molecular formula is C27H41N3O3. The molecular weight excluding hydrogens is 414 g/mol. The highest BCUT2D eigenvalue weighted by Crippen LogP contribution is 2.31. The molecule has 0 spiro atoms. The molecule has 6 nitrogen and oxygen atoms in total. The predicted octanol–water partition coefficient (Wildman–Crippen LogP) is 4.36.